The number of nitrogens with zero attached hydrogens (tertiary/aromatic N) is 1. The molecule has 150 valence electrons. The van der Waals surface area contributed by atoms with Crippen LogP contribution in [0.15, 0.2) is 53.8 Å². The van der Waals surface area contributed by atoms with Gasteiger partial charge in [0.05, 0.1) is 0 Å². The number of fused-ring (bicyclic) bond motifs is 1. The molecule has 1 atom stereocenters. The maximum Gasteiger partial charge on any atom is 0.166 e. The third kappa shape index (κ3) is 3.76. The van der Waals surface area contributed by atoms with E-state index in [1.54, 1.807) is 0 Å². The van der Waals surface area contributed by atoms with E-state index in [2.05, 4.69) is 79.7 Å². The van der Waals surface area contributed by atoms with Crippen molar-refractivity contribution < 1.29 is 0 Å². The number of hydrazine groups is 1. The van der Waals surface area contributed by atoms with Crippen LogP contribution in [0.4, 0.5) is 0 Å². The van der Waals surface area contributed by atoms with Crippen LogP contribution < -0.4 is 17.1 Å². The SMILES string of the molecule is CC.Cc1ccc(C(C)(c2c[nH]c3cc(/C(=N/N)NN)ccc23)C(C)C)cc1. The van der Waals surface area contributed by atoms with E-state index in [4.69, 9.17) is 11.7 Å². The van der Waals surface area contributed by atoms with Crippen molar-refractivity contribution in [1.82, 2.24) is 10.4 Å². The van der Waals surface area contributed by atoms with E-state index in [0.29, 0.717) is 11.8 Å². The van der Waals surface area contributed by atoms with Gasteiger partial charge in [-0.25, -0.2) is 5.84 Å². The molecule has 0 radical (unpaired) electrons. The molecule has 0 aliphatic rings. The molecule has 1 aromatic heterocycles. The van der Waals surface area contributed by atoms with Gasteiger partial charge in [0.25, 0.3) is 0 Å². The summed E-state index contributed by atoms with van der Waals surface area (Å²) in [5.41, 5.74) is 8.17. The molecule has 0 fully saturated rings. The first-order valence-corrected chi connectivity index (χ1v) is 9.85. The van der Waals surface area contributed by atoms with Gasteiger partial charge >= 0.3 is 0 Å². The van der Waals surface area contributed by atoms with Crippen LogP contribution in [0.25, 0.3) is 10.9 Å². The number of aryl methyl sites for hydroxylation is 1. The Balaban J connectivity index is 0.00000136. The Bertz CT molecular complexity index is 937. The first kappa shape index (κ1) is 21.5. The number of hydrazone groups is 1. The zero-order valence-electron chi connectivity index (χ0n) is 17.8. The standard InChI is InChI=1S/C21H27N5.C2H6/c1-13(2)21(4,16-8-5-14(3)6-9-16)18-12-24-19-11-15(7-10-17(18)19)20(25-22)26-23;1-2/h5-13,24H,22-23H2,1-4H3,(H,25,26);1-2H3. The van der Waals surface area contributed by atoms with Crippen LogP contribution in [-0.4, -0.2) is 10.8 Å². The fourth-order valence-electron chi connectivity index (χ4n) is 3.60. The minimum Gasteiger partial charge on any atom is -0.361 e. The molecular weight excluding hydrogens is 346 g/mol. The number of H-pyrrole nitrogens is 1. The third-order valence-corrected chi connectivity index (χ3v) is 5.59. The first-order valence-electron chi connectivity index (χ1n) is 9.85. The molecule has 0 aliphatic carbocycles. The van der Waals surface area contributed by atoms with E-state index in [0.717, 1.165) is 11.1 Å². The zero-order chi connectivity index (χ0) is 20.9. The fraction of sp³-hybridized carbons (Fsp3) is 0.348. The summed E-state index contributed by atoms with van der Waals surface area (Å²) in [6.07, 6.45) is 2.11. The molecule has 5 heteroatoms. The maximum atomic E-state index is 5.49. The minimum absolute atomic E-state index is 0.107. The molecule has 3 aromatic rings. The largest absolute Gasteiger partial charge is 0.361 e. The Kier molecular flexibility index (Phi) is 6.86. The van der Waals surface area contributed by atoms with Gasteiger partial charge in [-0.2, -0.15) is 5.10 Å². The summed E-state index contributed by atoms with van der Waals surface area (Å²) in [6.45, 7) is 13.0. The molecule has 0 saturated heterocycles. The highest BCUT2D eigenvalue weighted by atomic mass is 15.3. The van der Waals surface area contributed by atoms with E-state index in [9.17, 15) is 0 Å². The van der Waals surface area contributed by atoms with Gasteiger partial charge in [0.1, 0.15) is 0 Å². The van der Waals surface area contributed by atoms with Crippen LogP contribution in [-0.2, 0) is 5.41 Å². The van der Waals surface area contributed by atoms with Crippen molar-refractivity contribution in [3.63, 3.8) is 0 Å². The van der Waals surface area contributed by atoms with Gasteiger partial charge in [0, 0.05) is 28.1 Å². The monoisotopic (exact) mass is 379 g/mol. The highest BCUT2D eigenvalue weighted by Crippen LogP contribution is 2.42. The predicted molar refractivity (Wildman–Crippen MR) is 120 cm³/mol. The van der Waals surface area contributed by atoms with Gasteiger partial charge in [-0.1, -0.05) is 76.6 Å². The van der Waals surface area contributed by atoms with E-state index in [1.165, 1.54) is 22.1 Å². The van der Waals surface area contributed by atoms with Gasteiger partial charge in [0.2, 0.25) is 0 Å². The molecule has 0 amide bonds. The summed E-state index contributed by atoms with van der Waals surface area (Å²) in [7, 11) is 0. The summed E-state index contributed by atoms with van der Waals surface area (Å²) >= 11 is 0. The van der Waals surface area contributed by atoms with Gasteiger partial charge in [-0.15, -0.1) is 0 Å². The highest BCUT2D eigenvalue weighted by molar-refractivity contribution is 6.01. The smallest absolute Gasteiger partial charge is 0.166 e. The summed E-state index contributed by atoms with van der Waals surface area (Å²) in [4.78, 5) is 3.41. The average Bonchev–Trinajstić information content (AvgIpc) is 3.14. The van der Waals surface area contributed by atoms with E-state index in [1.807, 2.05) is 26.0 Å². The van der Waals surface area contributed by atoms with Gasteiger partial charge in [-0.3, -0.25) is 0 Å². The lowest BCUT2D eigenvalue weighted by molar-refractivity contribution is 0.408. The quantitative estimate of drug-likeness (QED) is 0.232. The molecule has 5 nitrogen and oxygen atoms in total. The Morgan fingerprint density at radius 1 is 1.11 bits per heavy atom. The number of nitrogens with one attached hydrogen (secondary N) is 2. The fourth-order valence-corrected chi connectivity index (χ4v) is 3.60. The molecule has 0 bridgehead atoms. The second kappa shape index (κ2) is 8.93. The Labute approximate surface area is 168 Å². The predicted octanol–water partition coefficient (Wildman–Crippen LogP) is 4.55. The van der Waals surface area contributed by atoms with E-state index in [-0.39, 0.29) is 5.41 Å². The minimum atomic E-state index is -0.107. The number of benzene rings is 2. The first-order chi connectivity index (χ1) is 13.4. The number of aromatic amines is 1. The van der Waals surface area contributed by atoms with Gasteiger partial charge in [0.15, 0.2) is 5.84 Å². The molecule has 0 saturated carbocycles. The topological polar surface area (TPSA) is 92.2 Å². The van der Waals surface area contributed by atoms with Gasteiger partial charge < -0.3 is 16.3 Å². The van der Waals surface area contributed by atoms with Crippen LogP contribution in [0.1, 0.15) is 56.9 Å². The average molecular weight is 380 g/mol. The van der Waals surface area contributed by atoms with Crippen molar-refractivity contribution in [2.24, 2.45) is 22.7 Å². The number of hydrogen-bond donors (Lipinski definition) is 4. The highest BCUT2D eigenvalue weighted by Gasteiger charge is 2.34. The van der Waals surface area contributed by atoms with Crippen LogP contribution in [0.3, 0.4) is 0 Å². The lowest BCUT2D eigenvalue weighted by atomic mass is 9.68. The summed E-state index contributed by atoms with van der Waals surface area (Å²) in [5, 5.41) is 4.88. The van der Waals surface area contributed by atoms with Crippen LogP contribution in [0.5, 0.6) is 0 Å². The number of hydrogen-bond acceptors (Lipinski definition) is 3. The summed E-state index contributed by atoms with van der Waals surface area (Å²) < 4.78 is 0. The number of nitrogens with two attached hydrogens (primary N) is 2. The molecule has 1 heterocycles. The molecule has 28 heavy (non-hydrogen) atoms. The van der Waals surface area contributed by atoms with Crippen molar-refractivity contribution in [1.29, 1.82) is 0 Å². The Hall–Kier alpha value is -2.79. The molecule has 6 N–H and O–H groups in total. The third-order valence-electron chi connectivity index (χ3n) is 5.59. The zero-order valence-corrected chi connectivity index (χ0v) is 17.8. The Morgan fingerprint density at radius 2 is 1.75 bits per heavy atom. The molecule has 2 aromatic carbocycles. The number of aromatic nitrogens is 1. The van der Waals surface area contributed by atoms with Crippen molar-refractivity contribution in [2.75, 3.05) is 0 Å². The van der Waals surface area contributed by atoms with Crippen molar-refractivity contribution in [3.05, 3.63) is 70.9 Å². The Morgan fingerprint density at radius 3 is 2.29 bits per heavy atom. The van der Waals surface area contributed by atoms with E-state index < -0.39 is 0 Å². The second-order valence-electron chi connectivity index (χ2n) is 7.31. The molecule has 0 aliphatic heterocycles. The van der Waals surface area contributed by atoms with Crippen molar-refractivity contribution in [3.8, 4) is 0 Å². The summed E-state index contributed by atoms with van der Waals surface area (Å²) in [6, 6.07) is 14.9. The van der Waals surface area contributed by atoms with Gasteiger partial charge in [-0.05, 0) is 30.0 Å². The maximum absolute atomic E-state index is 5.49. The van der Waals surface area contributed by atoms with Crippen LogP contribution in [0, 0.1) is 12.8 Å². The molecule has 0 spiro atoms. The number of rotatable bonds is 4. The lowest BCUT2D eigenvalue weighted by Gasteiger charge is -2.35. The van der Waals surface area contributed by atoms with Crippen LogP contribution >= 0.6 is 0 Å². The lowest BCUT2D eigenvalue weighted by Crippen LogP contribution is -2.32. The van der Waals surface area contributed by atoms with E-state index >= 15 is 0 Å². The molecule has 1 unspecified atom stereocenters. The van der Waals surface area contributed by atoms with Crippen molar-refractivity contribution >= 4 is 16.7 Å². The molecular formula is C23H33N5. The second-order valence-corrected chi connectivity index (χ2v) is 7.31. The van der Waals surface area contributed by atoms with Crippen LogP contribution in [0.2, 0.25) is 0 Å². The number of amidine groups is 1. The summed E-state index contributed by atoms with van der Waals surface area (Å²) in [5.74, 6) is 11.8. The normalized spacial score (nSPS) is 13.8. The van der Waals surface area contributed by atoms with Crippen molar-refractivity contribution in [2.45, 2.75) is 47.0 Å². The molecule has 3 rings (SSSR count).